The molecular weight excluding hydrogens is 237 g/mol. The summed E-state index contributed by atoms with van der Waals surface area (Å²) in [6.07, 6.45) is 2.19. The normalized spacial score (nSPS) is 12.4. The standard InChI is InChI=1S/C17H20FN/c1-3-5-13-8-10-14(11-9-13)17(19)15-7-4-6-12(2)16(15)18/h4,6-11,17H,3,5,19H2,1-2H3. The van der Waals surface area contributed by atoms with Gasteiger partial charge in [0.25, 0.3) is 0 Å². The quantitative estimate of drug-likeness (QED) is 0.875. The van der Waals surface area contributed by atoms with E-state index < -0.39 is 6.04 Å². The Morgan fingerprint density at radius 3 is 2.42 bits per heavy atom. The van der Waals surface area contributed by atoms with Crippen LogP contribution >= 0.6 is 0 Å². The number of hydrogen-bond donors (Lipinski definition) is 1. The van der Waals surface area contributed by atoms with Crippen LogP contribution in [0.5, 0.6) is 0 Å². The van der Waals surface area contributed by atoms with Gasteiger partial charge in [-0.25, -0.2) is 4.39 Å². The maximum Gasteiger partial charge on any atom is 0.131 e. The zero-order chi connectivity index (χ0) is 13.8. The van der Waals surface area contributed by atoms with Gasteiger partial charge in [-0.1, -0.05) is 55.8 Å². The monoisotopic (exact) mass is 257 g/mol. The average molecular weight is 257 g/mol. The summed E-state index contributed by atoms with van der Waals surface area (Å²) < 4.78 is 14.1. The summed E-state index contributed by atoms with van der Waals surface area (Å²) in [5.74, 6) is -0.201. The molecule has 2 N–H and O–H groups in total. The molecule has 0 bridgehead atoms. The molecule has 1 nitrogen and oxygen atoms in total. The van der Waals surface area contributed by atoms with Crippen LogP contribution in [0.25, 0.3) is 0 Å². The third-order valence-electron chi connectivity index (χ3n) is 3.43. The van der Waals surface area contributed by atoms with E-state index in [-0.39, 0.29) is 5.82 Å². The van der Waals surface area contributed by atoms with E-state index in [9.17, 15) is 4.39 Å². The Labute approximate surface area is 114 Å². The topological polar surface area (TPSA) is 26.0 Å². The van der Waals surface area contributed by atoms with Crippen molar-refractivity contribution in [1.82, 2.24) is 0 Å². The van der Waals surface area contributed by atoms with Crippen molar-refractivity contribution in [3.05, 3.63) is 70.5 Å². The molecule has 2 aromatic carbocycles. The molecule has 0 fully saturated rings. The molecule has 1 unspecified atom stereocenters. The predicted molar refractivity (Wildman–Crippen MR) is 77.6 cm³/mol. The maximum atomic E-state index is 14.1. The van der Waals surface area contributed by atoms with E-state index in [1.807, 2.05) is 18.2 Å². The first-order valence-corrected chi connectivity index (χ1v) is 6.73. The number of hydrogen-bond acceptors (Lipinski definition) is 1. The second kappa shape index (κ2) is 5.98. The van der Waals surface area contributed by atoms with Crippen LogP contribution in [0.2, 0.25) is 0 Å². The number of benzene rings is 2. The fourth-order valence-corrected chi connectivity index (χ4v) is 2.27. The summed E-state index contributed by atoms with van der Waals surface area (Å²) >= 11 is 0. The lowest BCUT2D eigenvalue weighted by Gasteiger charge is -2.15. The summed E-state index contributed by atoms with van der Waals surface area (Å²) in [5, 5.41) is 0. The highest BCUT2D eigenvalue weighted by atomic mass is 19.1. The van der Waals surface area contributed by atoms with Crippen molar-refractivity contribution in [3.63, 3.8) is 0 Å². The highest BCUT2D eigenvalue weighted by molar-refractivity contribution is 5.36. The summed E-state index contributed by atoms with van der Waals surface area (Å²) in [5.41, 5.74) is 9.61. The smallest absolute Gasteiger partial charge is 0.131 e. The van der Waals surface area contributed by atoms with E-state index in [2.05, 4.69) is 19.1 Å². The fourth-order valence-electron chi connectivity index (χ4n) is 2.27. The zero-order valence-corrected chi connectivity index (χ0v) is 11.5. The van der Waals surface area contributed by atoms with E-state index >= 15 is 0 Å². The van der Waals surface area contributed by atoms with Crippen LogP contribution in [0.1, 0.15) is 41.6 Å². The van der Waals surface area contributed by atoms with Crippen molar-refractivity contribution in [1.29, 1.82) is 0 Å². The third-order valence-corrected chi connectivity index (χ3v) is 3.43. The molecule has 0 radical (unpaired) electrons. The lowest BCUT2D eigenvalue weighted by Crippen LogP contribution is -2.14. The van der Waals surface area contributed by atoms with Crippen molar-refractivity contribution < 1.29 is 4.39 Å². The van der Waals surface area contributed by atoms with E-state index in [0.29, 0.717) is 11.1 Å². The van der Waals surface area contributed by atoms with Crippen LogP contribution in [0.4, 0.5) is 4.39 Å². The molecule has 0 saturated heterocycles. The molecule has 2 rings (SSSR count). The second-order valence-corrected chi connectivity index (χ2v) is 4.95. The molecule has 2 heteroatoms. The molecule has 1 atom stereocenters. The maximum absolute atomic E-state index is 14.1. The van der Waals surface area contributed by atoms with Gasteiger partial charge in [-0.2, -0.15) is 0 Å². The molecule has 0 spiro atoms. The summed E-state index contributed by atoms with van der Waals surface area (Å²) in [7, 11) is 0. The van der Waals surface area contributed by atoms with E-state index in [1.54, 1.807) is 19.1 Å². The molecule has 19 heavy (non-hydrogen) atoms. The minimum atomic E-state index is -0.407. The van der Waals surface area contributed by atoms with Gasteiger partial charge in [0.05, 0.1) is 6.04 Å². The Morgan fingerprint density at radius 1 is 1.11 bits per heavy atom. The van der Waals surface area contributed by atoms with Gasteiger partial charge in [0.15, 0.2) is 0 Å². The molecular formula is C17H20FN. The van der Waals surface area contributed by atoms with Gasteiger partial charge >= 0.3 is 0 Å². The first-order chi connectivity index (χ1) is 9.13. The molecule has 0 aliphatic rings. The molecule has 0 heterocycles. The Hall–Kier alpha value is -1.67. The molecule has 100 valence electrons. The van der Waals surface area contributed by atoms with Crippen molar-refractivity contribution in [3.8, 4) is 0 Å². The van der Waals surface area contributed by atoms with E-state index in [4.69, 9.17) is 5.73 Å². The van der Waals surface area contributed by atoms with Crippen LogP contribution in [0.3, 0.4) is 0 Å². The largest absolute Gasteiger partial charge is 0.320 e. The van der Waals surface area contributed by atoms with E-state index in [1.165, 1.54) is 5.56 Å². The highest BCUT2D eigenvalue weighted by Gasteiger charge is 2.14. The second-order valence-electron chi connectivity index (χ2n) is 4.95. The molecule has 0 aliphatic heterocycles. The predicted octanol–water partition coefficient (Wildman–Crippen LogP) is 4.13. The lowest BCUT2D eigenvalue weighted by atomic mass is 9.96. The molecule has 0 amide bonds. The average Bonchev–Trinajstić information content (AvgIpc) is 2.42. The first-order valence-electron chi connectivity index (χ1n) is 6.73. The number of aryl methyl sites for hydroxylation is 2. The number of nitrogens with two attached hydrogens (primary N) is 1. The van der Waals surface area contributed by atoms with Gasteiger partial charge in [0.1, 0.15) is 5.82 Å². The first kappa shape index (κ1) is 13.8. The fraction of sp³-hybridized carbons (Fsp3) is 0.294. The van der Waals surface area contributed by atoms with Crippen molar-refractivity contribution >= 4 is 0 Å². The van der Waals surface area contributed by atoms with Gasteiger partial charge in [0, 0.05) is 5.56 Å². The van der Waals surface area contributed by atoms with Crippen molar-refractivity contribution in [2.24, 2.45) is 5.73 Å². The molecule has 2 aromatic rings. The number of rotatable bonds is 4. The van der Waals surface area contributed by atoms with Gasteiger partial charge in [-0.05, 0) is 30.0 Å². The lowest BCUT2D eigenvalue weighted by molar-refractivity contribution is 0.591. The Morgan fingerprint density at radius 2 is 1.79 bits per heavy atom. The Kier molecular flexibility index (Phi) is 4.33. The summed E-state index contributed by atoms with van der Waals surface area (Å²) in [6.45, 7) is 3.91. The van der Waals surface area contributed by atoms with Gasteiger partial charge < -0.3 is 5.73 Å². The summed E-state index contributed by atoms with van der Waals surface area (Å²) in [4.78, 5) is 0. The highest BCUT2D eigenvalue weighted by Crippen LogP contribution is 2.24. The van der Waals surface area contributed by atoms with Crippen LogP contribution in [0, 0.1) is 12.7 Å². The van der Waals surface area contributed by atoms with Crippen molar-refractivity contribution in [2.45, 2.75) is 32.7 Å². The SMILES string of the molecule is CCCc1ccc(C(N)c2cccc(C)c2F)cc1. The Balaban J connectivity index is 2.28. The van der Waals surface area contributed by atoms with Crippen LogP contribution in [0.15, 0.2) is 42.5 Å². The van der Waals surface area contributed by atoms with Crippen LogP contribution < -0.4 is 5.73 Å². The Bertz CT molecular complexity index is 546. The van der Waals surface area contributed by atoms with Crippen molar-refractivity contribution in [2.75, 3.05) is 0 Å². The van der Waals surface area contributed by atoms with Gasteiger partial charge in [-0.3, -0.25) is 0 Å². The molecule has 0 saturated carbocycles. The van der Waals surface area contributed by atoms with Crippen LogP contribution in [-0.2, 0) is 6.42 Å². The van der Waals surface area contributed by atoms with E-state index in [0.717, 1.165) is 18.4 Å². The minimum Gasteiger partial charge on any atom is -0.320 e. The molecule has 0 aliphatic carbocycles. The van der Waals surface area contributed by atoms with Gasteiger partial charge in [0.2, 0.25) is 0 Å². The summed E-state index contributed by atoms with van der Waals surface area (Å²) in [6, 6.07) is 13.1. The van der Waals surface area contributed by atoms with Crippen LogP contribution in [-0.4, -0.2) is 0 Å². The zero-order valence-electron chi connectivity index (χ0n) is 11.5. The minimum absolute atomic E-state index is 0.201. The third kappa shape index (κ3) is 3.02. The van der Waals surface area contributed by atoms with Gasteiger partial charge in [-0.15, -0.1) is 0 Å². The number of halogens is 1. The molecule has 0 aromatic heterocycles.